The highest BCUT2D eigenvalue weighted by Gasteiger charge is 2.34. The van der Waals surface area contributed by atoms with E-state index in [4.69, 9.17) is 4.74 Å². The zero-order chi connectivity index (χ0) is 25.4. The number of anilines is 2. The summed E-state index contributed by atoms with van der Waals surface area (Å²) in [5.41, 5.74) is 1.66. The van der Waals surface area contributed by atoms with Crippen LogP contribution in [0.4, 0.5) is 15.8 Å². The fraction of sp³-hybridized carbons (Fsp3) is 0.423. The molecule has 0 radical (unpaired) electrons. The van der Waals surface area contributed by atoms with E-state index in [1.165, 1.54) is 11.8 Å². The molecule has 0 amide bonds. The minimum Gasteiger partial charge on any atom is -0.461 e. The molecule has 9 heteroatoms. The summed E-state index contributed by atoms with van der Waals surface area (Å²) in [5.74, 6) is -0.956. The predicted molar refractivity (Wildman–Crippen MR) is 142 cm³/mol. The lowest BCUT2D eigenvalue weighted by atomic mass is 10.0. The summed E-state index contributed by atoms with van der Waals surface area (Å²) in [5, 5.41) is 0. The minimum atomic E-state index is -3.15. The monoisotopic (exact) mass is 523 g/mol. The molecule has 35 heavy (non-hydrogen) atoms. The molecule has 0 aliphatic carbocycles. The molecule has 0 saturated carbocycles. The number of carbonyl (C=O) groups is 1. The molecule has 2 N–H and O–H groups in total. The van der Waals surface area contributed by atoms with Gasteiger partial charge in [-0.2, -0.15) is 15.0 Å². The van der Waals surface area contributed by atoms with Crippen molar-refractivity contribution < 1.29 is 27.8 Å². The van der Waals surface area contributed by atoms with Crippen LogP contribution in [0.15, 0.2) is 64.3 Å². The van der Waals surface area contributed by atoms with Crippen molar-refractivity contribution in [3.63, 3.8) is 0 Å². The van der Waals surface area contributed by atoms with Crippen molar-refractivity contribution in [1.82, 2.24) is 0 Å². The number of nitrogens with zero attached hydrogens (tertiary/aromatic N) is 1. The van der Waals surface area contributed by atoms with Gasteiger partial charge in [0.1, 0.15) is 12.0 Å². The third kappa shape index (κ3) is 6.94. The molecule has 0 saturated heterocycles. The number of ether oxygens (including phenoxy) is 2. The Morgan fingerprint density at radius 2 is 1.97 bits per heavy atom. The molecule has 2 aromatic carbocycles. The van der Waals surface area contributed by atoms with E-state index < -0.39 is 22.4 Å². The number of halogens is 1. The Labute approximate surface area is 212 Å². The summed E-state index contributed by atoms with van der Waals surface area (Å²) in [6.45, 7) is 6.40. The Balaban J connectivity index is 2.11. The average molecular weight is 524 g/mol. The molecule has 1 atom stereocenters. The van der Waals surface area contributed by atoms with Crippen LogP contribution in [0, 0.1) is 5.92 Å². The molecule has 0 fully saturated rings. The molecular formula is C26H34FNO5S2. The van der Waals surface area contributed by atoms with E-state index in [0.717, 1.165) is 30.7 Å². The van der Waals surface area contributed by atoms with Gasteiger partial charge in [-0.1, -0.05) is 44.9 Å². The Kier molecular flexibility index (Phi) is 9.91. The molecule has 1 heterocycles. The fourth-order valence-electron chi connectivity index (χ4n) is 4.07. The largest absolute Gasteiger partial charge is 0.461 e. The number of thioether (sulfide) groups is 1. The highest BCUT2D eigenvalue weighted by atomic mass is 32.3. The number of esters is 1. The SMILES string of the molecule is CCCCC1CN(c2ccccc2)c2cc(SCC)c(O/C=C(\F)C(=O)OCC)cc2S(O)(O)C1. The molecule has 1 aliphatic rings. The maximum atomic E-state index is 14.1. The summed E-state index contributed by atoms with van der Waals surface area (Å²) >= 11 is 1.49. The van der Waals surface area contributed by atoms with Crippen LogP contribution < -0.4 is 9.64 Å². The van der Waals surface area contributed by atoms with Crippen molar-refractivity contribution in [1.29, 1.82) is 0 Å². The van der Waals surface area contributed by atoms with E-state index in [1.54, 1.807) is 13.0 Å². The Morgan fingerprint density at radius 3 is 2.63 bits per heavy atom. The highest BCUT2D eigenvalue weighted by molar-refractivity contribution is 8.24. The van der Waals surface area contributed by atoms with Crippen LogP contribution in [0.1, 0.15) is 40.0 Å². The van der Waals surface area contributed by atoms with Crippen LogP contribution in [0.3, 0.4) is 0 Å². The molecule has 1 aliphatic heterocycles. The van der Waals surface area contributed by atoms with E-state index in [0.29, 0.717) is 28.3 Å². The number of benzene rings is 2. The van der Waals surface area contributed by atoms with Crippen molar-refractivity contribution >= 4 is 39.7 Å². The maximum Gasteiger partial charge on any atom is 0.370 e. The molecule has 0 aromatic heterocycles. The molecule has 0 spiro atoms. The second kappa shape index (κ2) is 12.7. The van der Waals surface area contributed by atoms with Crippen LogP contribution in [0.25, 0.3) is 0 Å². The number of unbranched alkanes of at least 4 members (excludes halogenated alkanes) is 1. The van der Waals surface area contributed by atoms with Crippen LogP contribution in [-0.2, 0) is 9.53 Å². The molecule has 192 valence electrons. The lowest BCUT2D eigenvalue weighted by Gasteiger charge is -2.34. The summed E-state index contributed by atoms with van der Waals surface area (Å²) in [4.78, 5) is 14.9. The van der Waals surface area contributed by atoms with Crippen molar-refractivity contribution in [3.8, 4) is 5.75 Å². The lowest BCUT2D eigenvalue weighted by Crippen LogP contribution is -2.25. The van der Waals surface area contributed by atoms with Gasteiger partial charge in [0.25, 0.3) is 0 Å². The Bertz CT molecular complexity index is 1030. The quantitative estimate of drug-likeness (QED) is 0.143. The zero-order valence-electron chi connectivity index (χ0n) is 20.4. The summed E-state index contributed by atoms with van der Waals surface area (Å²) in [7, 11) is -3.15. The minimum absolute atomic E-state index is 0.0469. The van der Waals surface area contributed by atoms with Crippen molar-refractivity contribution in [2.45, 2.75) is 49.8 Å². The summed E-state index contributed by atoms with van der Waals surface area (Å²) < 4.78 is 47.0. The van der Waals surface area contributed by atoms with Gasteiger partial charge in [0.15, 0.2) is 0 Å². The van der Waals surface area contributed by atoms with Crippen molar-refractivity contribution in [3.05, 3.63) is 54.6 Å². The number of para-hydroxylation sites is 1. The number of fused-ring (bicyclic) bond motifs is 1. The predicted octanol–water partition coefficient (Wildman–Crippen LogP) is 7.62. The third-order valence-electron chi connectivity index (χ3n) is 5.67. The number of hydrogen-bond donors (Lipinski definition) is 2. The second-order valence-corrected chi connectivity index (χ2v) is 11.7. The van der Waals surface area contributed by atoms with Gasteiger partial charge < -0.3 is 14.4 Å². The van der Waals surface area contributed by atoms with E-state index in [1.807, 2.05) is 43.3 Å². The first kappa shape index (κ1) is 27.4. The summed E-state index contributed by atoms with van der Waals surface area (Å²) in [6, 6.07) is 13.3. The van der Waals surface area contributed by atoms with Gasteiger partial charge in [-0.15, -0.1) is 11.8 Å². The van der Waals surface area contributed by atoms with Gasteiger partial charge >= 0.3 is 5.97 Å². The lowest BCUT2D eigenvalue weighted by molar-refractivity contribution is -0.140. The van der Waals surface area contributed by atoms with Gasteiger partial charge in [-0.3, -0.25) is 9.11 Å². The number of carbonyl (C=O) groups excluding carboxylic acids is 1. The van der Waals surface area contributed by atoms with Crippen LogP contribution in [0.2, 0.25) is 0 Å². The maximum absolute atomic E-state index is 14.1. The second-order valence-electron chi connectivity index (χ2n) is 8.29. The third-order valence-corrected chi connectivity index (χ3v) is 8.56. The Morgan fingerprint density at radius 1 is 1.23 bits per heavy atom. The van der Waals surface area contributed by atoms with E-state index >= 15 is 0 Å². The molecule has 6 nitrogen and oxygen atoms in total. The first-order valence-corrected chi connectivity index (χ1v) is 14.6. The van der Waals surface area contributed by atoms with Crippen molar-refractivity contribution in [2.75, 3.05) is 29.6 Å². The van der Waals surface area contributed by atoms with Gasteiger partial charge in [-0.25, -0.2) is 4.79 Å². The topological polar surface area (TPSA) is 79.2 Å². The van der Waals surface area contributed by atoms with Crippen LogP contribution in [-0.4, -0.2) is 39.7 Å². The van der Waals surface area contributed by atoms with Crippen LogP contribution in [0.5, 0.6) is 5.75 Å². The smallest absolute Gasteiger partial charge is 0.370 e. The van der Waals surface area contributed by atoms with E-state index in [2.05, 4.69) is 16.6 Å². The van der Waals surface area contributed by atoms with E-state index in [9.17, 15) is 18.3 Å². The Hall–Kier alpha value is -2.20. The molecular weight excluding hydrogens is 489 g/mol. The molecule has 3 rings (SSSR count). The van der Waals surface area contributed by atoms with E-state index in [-0.39, 0.29) is 24.0 Å². The summed E-state index contributed by atoms with van der Waals surface area (Å²) in [6.07, 6.45) is 3.63. The van der Waals surface area contributed by atoms with Crippen LogP contribution >= 0.6 is 22.4 Å². The van der Waals surface area contributed by atoms with Gasteiger partial charge in [0, 0.05) is 24.1 Å². The van der Waals surface area contributed by atoms with Crippen molar-refractivity contribution in [2.24, 2.45) is 5.92 Å². The van der Waals surface area contributed by atoms with Gasteiger partial charge in [0.05, 0.1) is 22.1 Å². The average Bonchev–Trinajstić information content (AvgIpc) is 2.95. The zero-order valence-corrected chi connectivity index (χ0v) is 22.0. The standard InChI is InChI=1S/C26H34FNO5S2/c1-4-7-11-19-16-28(20-12-9-8-10-13-20)22-14-24(34-6-3)23(15-25(22)35(30,31)18-19)33-17-21(27)26(29)32-5-2/h8-10,12-15,17,19,30-31H,4-7,11,16,18H2,1-3H3/b21-17-. The first-order valence-electron chi connectivity index (χ1n) is 11.9. The first-order chi connectivity index (χ1) is 16.8. The number of hydrogen-bond acceptors (Lipinski definition) is 7. The normalized spacial score (nSPS) is 18.4. The molecule has 2 aromatic rings. The molecule has 1 unspecified atom stereocenters. The fourth-order valence-corrected chi connectivity index (χ4v) is 6.74. The van der Waals surface area contributed by atoms with Gasteiger partial charge in [-0.05, 0) is 43.2 Å². The highest BCUT2D eigenvalue weighted by Crippen LogP contribution is 2.59. The number of rotatable bonds is 10. The molecule has 0 bridgehead atoms. The van der Waals surface area contributed by atoms with Gasteiger partial charge in [0.2, 0.25) is 5.83 Å².